The second-order valence-corrected chi connectivity index (χ2v) is 9.35. The third-order valence-electron chi connectivity index (χ3n) is 4.73. The van der Waals surface area contributed by atoms with Gasteiger partial charge in [0.25, 0.3) is 10.0 Å². The third kappa shape index (κ3) is 4.23. The van der Waals surface area contributed by atoms with Gasteiger partial charge >= 0.3 is 0 Å². The van der Waals surface area contributed by atoms with Gasteiger partial charge in [-0.3, -0.25) is 0 Å². The van der Waals surface area contributed by atoms with Gasteiger partial charge in [-0.05, 0) is 50.2 Å². The molecule has 0 radical (unpaired) electrons. The average molecular weight is 401 g/mol. The fourth-order valence-corrected chi connectivity index (χ4v) is 4.59. The minimum atomic E-state index is -3.70. The first-order valence-corrected chi connectivity index (χ1v) is 11.0. The Kier molecular flexibility index (Phi) is 6.10. The number of rotatable bonds is 8. The topological polar surface area (TPSA) is 51.5 Å². The van der Waals surface area contributed by atoms with Gasteiger partial charge in [0.05, 0.1) is 17.0 Å². The summed E-state index contributed by atoms with van der Waals surface area (Å²) in [6.07, 6.45) is 2.48. The van der Waals surface area contributed by atoms with Crippen molar-refractivity contribution < 1.29 is 13.2 Å². The van der Waals surface area contributed by atoms with Crippen LogP contribution in [0.5, 0.6) is 5.75 Å². The van der Waals surface area contributed by atoms with Gasteiger partial charge in [-0.2, -0.15) is 0 Å². The molecule has 0 aliphatic carbocycles. The van der Waals surface area contributed by atoms with Crippen LogP contribution in [0.3, 0.4) is 0 Å². The Hall–Kier alpha value is -2.31. The van der Waals surface area contributed by atoms with Crippen LogP contribution in [0, 0.1) is 0 Å². The van der Waals surface area contributed by atoms with E-state index in [1.807, 2.05) is 50.5 Å². The first-order chi connectivity index (χ1) is 13.3. The summed E-state index contributed by atoms with van der Waals surface area (Å²) in [6.45, 7) is 5.63. The molecule has 1 heterocycles. The summed E-state index contributed by atoms with van der Waals surface area (Å²) in [7, 11) is 0.341. The zero-order chi connectivity index (χ0) is 20.3. The maximum absolute atomic E-state index is 13.3. The van der Waals surface area contributed by atoms with Crippen molar-refractivity contribution >= 4 is 20.9 Å². The summed E-state index contributed by atoms with van der Waals surface area (Å²) in [4.78, 5) is 2.34. The maximum Gasteiger partial charge on any atom is 0.268 e. The molecule has 0 aliphatic heterocycles. The van der Waals surface area contributed by atoms with E-state index in [1.165, 1.54) is 3.97 Å². The summed E-state index contributed by atoms with van der Waals surface area (Å²) in [5, 5.41) is 0.894. The third-order valence-corrected chi connectivity index (χ3v) is 6.42. The van der Waals surface area contributed by atoms with Gasteiger partial charge < -0.3 is 9.64 Å². The number of fused-ring (bicyclic) bond motifs is 1. The number of para-hydroxylation sites is 1. The van der Waals surface area contributed by atoms with Crippen molar-refractivity contribution in [3.63, 3.8) is 0 Å². The zero-order valence-corrected chi connectivity index (χ0v) is 17.7. The first-order valence-electron chi connectivity index (χ1n) is 9.54. The van der Waals surface area contributed by atoms with Crippen molar-refractivity contribution in [1.82, 2.24) is 8.87 Å². The van der Waals surface area contributed by atoms with Crippen LogP contribution in [0.1, 0.15) is 31.7 Å². The number of hydrogen-bond donors (Lipinski definition) is 0. The predicted molar refractivity (Wildman–Crippen MR) is 114 cm³/mol. The van der Waals surface area contributed by atoms with Crippen LogP contribution in [-0.4, -0.2) is 44.5 Å². The lowest BCUT2D eigenvalue weighted by Gasteiger charge is -2.17. The lowest BCUT2D eigenvalue weighted by Crippen LogP contribution is -2.16. The van der Waals surface area contributed by atoms with Crippen molar-refractivity contribution in [2.75, 3.05) is 27.2 Å². The van der Waals surface area contributed by atoms with Crippen LogP contribution in [0.4, 0.5) is 0 Å². The molecule has 0 amide bonds. The fourth-order valence-electron chi connectivity index (χ4n) is 3.22. The van der Waals surface area contributed by atoms with E-state index in [1.54, 1.807) is 18.3 Å². The molecule has 28 heavy (non-hydrogen) atoms. The smallest absolute Gasteiger partial charge is 0.268 e. The molecule has 0 bridgehead atoms. The number of benzene rings is 2. The van der Waals surface area contributed by atoms with E-state index in [0.29, 0.717) is 17.9 Å². The van der Waals surface area contributed by atoms with Gasteiger partial charge in [0, 0.05) is 24.2 Å². The normalized spacial score (nSPS) is 12.2. The summed E-state index contributed by atoms with van der Waals surface area (Å²) in [6, 6.07) is 14.5. The molecular formula is C22H28N2O3S. The maximum atomic E-state index is 13.3. The van der Waals surface area contributed by atoms with Gasteiger partial charge in [0.2, 0.25) is 0 Å². The Balaban J connectivity index is 1.96. The minimum absolute atomic E-state index is 0.237. The highest BCUT2D eigenvalue weighted by Gasteiger charge is 2.21. The molecule has 0 N–H and O–H groups in total. The van der Waals surface area contributed by atoms with Crippen LogP contribution >= 0.6 is 0 Å². The van der Waals surface area contributed by atoms with Crippen molar-refractivity contribution in [2.45, 2.75) is 31.1 Å². The number of ether oxygens (including phenoxy) is 1. The monoisotopic (exact) mass is 400 g/mol. The number of hydrogen-bond acceptors (Lipinski definition) is 4. The molecule has 150 valence electrons. The quantitative estimate of drug-likeness (QED) is 0.528. The van der Waals surface area contributed by atoms with Gasteiger partial charge in [0.15, 0.2) is 0 Å². The van der Waals surface area contributed by atoms with E-state index in [-0.39, 0.29) is 10.8 Å². The van der Waals surface area contributed by atoms with Crippen molar-refractivity contribution in [3.8, 4) is 5.75 Å². The lowest BCUT2D eigenvalue weighted by atomic mass is 10.0. The van der Waals surface area contributed by atoms with Crippen LogP contribution in [0.25, 0.3) is 10.9 Å². The molecule has 0 spiro atoms. The molecule has 0 aliphatic rings. The molecular weight excluding hydrogens is 372 g/mol. The van der Waals surface area contributed by atoms with Gasteiger partial charge in [-0.1, -0.05) is 38.1 Å². The van der Waals surface area contributed by atoms with E-state index < -0.39 is 10.0 Å². The standard InChI is InChI=1S/C22H28N2O3S/c1-17(2)20-11-10-19(16-22(20)27-15-7-13-23(3)4)28(25,26)24-14-12-18-8-5-6-9-21(18)24/h5-6,8-12,14,16-17H,7,13,15H2,1-4H3. The predicted octanol–water partition coefficient (Wildman–Crippen LogP) is 4.33. The molecule has 0 saturated heterocycles. The second-order valence-electron chi connectivity index (χ2n) is 7.54. The summed E-state index contributed by atoms with van der Waals surface area (Å²) in [5.41, 5.74) is 1.69. The largest absolute Gasteiger partial charge is 0.493 e. The van der Waals surface area contributed by atoms with E-state index in [4.69, 9.17) is 4.74 Å². The van der Waals surface area contributed by atoms with Crippen LogP contribution < -0.4 is 4.74 Å². The second kappa shape index (κ2) is 8.37. The zero-order valence-electron chi connectivity index (χ0n) is 16.9. The van der Waals surface area contributed by atoms with Gasteiger partial charge in [0.1, 0.15) is 5.75 Å². The van der Waals surface area contributed by atoms with Gasteiger partial charge in [-0.25, -0.2) is 12.4 Å². The van der Waals surface area contributed by atoms with E-state index >= 15 is 0 Å². The number of aromatic nitrogens is 1. The molecule has 3 aromatic rings. The molecule has 6 heteroatoms. The summed E-state index contributed by atoms with van der Waals surface area (Å²) >= 11 is 0. The Morgan fingerprint density at radius 3 is 2.54 bits per heavy atom. The number of nitrogens with zero attached hydrogens (tertiary/aromatic N) is 2. The summed E-state index contributed by atoms with van der Waals surface area (Å²) < 4.78 is 33.8. The fraction of sp³-hybridized carbons (Fsp3) is 0.364. The van der Waals surface area contributed by atoms with Crippen LogP contribution in [0.15, 0.2) is 59.6 Å². The molecule has 5 nitrogen and oxygen atoms in total. The molecule has 0 atom stereocenters. The Labute approximate surface area is 167 Å². The minimum Gasteiger partial charge on any atom is -0.493 e. The molecule has 0 fully saturated rings. The highest BCUT2D eigenvalue weighted by molar-refractivity contribution is 7.90. The molecule has 3 rings (SSSR count). The molecule has 1 aromatic heterocycles. The highest BCUT2D eigenvalue weighted by Crippen LogP contribution is 2.31. The Bertz CT molecular complexity index is 1050. The van der Waals surface area contributed by atoms with Crippen molar-refractivity contribution in [1.29, 1.82) is 0 Å². The highest BCUT2D eigenvalue weighted by atomic mass is 32.2. The van der Waals surface area contributed by atoms with E-state index in [2.05, 4.69) is 18.7 Å². The van der Waals surface area contributed by atoms with Crippen molar-refractivity contribution in [2.24, 2.45) is 0 Å². The molecule has 0 saturated carbocycles. The van der Waals surface area contributed by atoms with Crippen molar-refractivity contribution in [3.05, 3.63) is 60.3 Å². The van der Waals surface area contributed by atoms with Crippen LogP contribution in [-0.2, 0) is 10.0 Å². The molecule has 2 aromatic carbocycles. The first kappa shape index (κ1) is 20.4. The SMILES string of the molecule is CC(C)c1ccc(S(=O)(=O)n2ccc3ccccc32)cc1OCCCN(C)C. The van der Waals surface area contributed by atoms with E-state index in [0.717, 1.165) is 23.9 Å². The van der Waals surface area contributed by atoms with Gasteiger partial charge in [-0.15, -0.1) is 0 Å². The molecule has 0 unspecified atom stereocenters. The van der Waals surface area contributed by atoms with Crippen LogP contribution in [0.2, 0.25) is 0 Å². The Morgan fingerprint density at radius 1 is 1.07 bits per heavy atom. The average Bonchev–Trinajstić information content (AvgIpc) is 3.09. The van der Waals surface area contributed by atoms with E-state index in [9.17, 15) is 8.42 Å². The summed E-state index contributed by atoms with van der Waals surface area (Å²) in [5.74, 6) is 0.888. The lowest BCUT2D eigenvalue weighted by molar-refractivity contribution is 0.278. The Morgan fingerprint density at radius 2 is 1.82 bits per heavy atom.